The minimum absolute atomic E-state index is 0.990. The van der Waals surface area contributed by atoms with Crippen LogP contribution in [0.25, 0.3) is 0 Å². The smallest absolute Gasteiger partial charge is 0.0324 e. The zero-order valence-electron chi connectivity index (χ0n) is 10.8. The van der Waals surface area contributed by atoms with Crippen LogP contribution in [0.2, 0.25) is 0 Å². The van der Waals surface area contributed by atoms with E-state index in [1.165, 1.54) is 35.6 Å². The summed E-state index contributed by atoms with van der Waals surface area (Å²) in [6, 6.07) is 4.49. The normalized spacial score (nSPS) is 11.2. The number of hydrogen-bond acceptors (Lipinski definition) is 3. The van der Waals surface area contributed by atoms with Crippen LogP contribution in [0.15, 0.2) is 12.1 Å². The summed E-state index contributed by atoms with van der Waals surface area (Å²) in [7, 11) is 4.21. The molecule has 0 atom stereocenters. The SMILES string of the molecule is CCCCCN(C)Cc1ccc(CNC)s1. The second-order valence-corrected chi connectivity index (χ2v) is 5.60. The summed E-state index contributed by atoms with van der Waals surface area (Å²) in [5, 5.41) is 3.19. The molecule has 1 aromatic heterocycles. The van der Waals surface area contributed by atoms with Crippen molar-refractivity contribution in [2.24, 2.45) is 0 Å². The lowest BCUT2D eigenvalue weighted by molar-refractivity contribution is 0.321. The third kappa shape index (κ3) is 5.10. The Hall–Kier alpha value is -0.380. The van der Waals surface area contributed by atoms with Crippen molar-refractivity contribution in [3.63, 3.8) is 0 Å². The maximum absolute atomic E-state index is 3.19. The summed E-state index contributed by atoms with van der Waals surface area (Å²) in [5.41, 5.74) is 0. The number of hydrogen-bond donors (Lipinski definition) is 1. The minimum atomic E-state index is 0.990. The van der Waals surface area contributed by atoms with E-state index in [1.807, 2.05) is 18.4 Å². The molecule has 16 heavy (non-hydrogen) atoms. The van der Waals surface area contributed by atoms with Crippen LogP contribution in [0.3, 0.4) is 0 Å². The Kier molecular flexibility index (Phi) is 6.69. The Labute approximate surface area is 104 Å². The van der Waals surface area contributed by atoms with Gasteiger partial charge < -0.3 is 10.2 Å². The Balaban J connectivity index is 2.28. The van der Waals surface area contributed by atoms with Gasteiger partial charge in [0.05, 0.1) is 0 Å². The Morgan fingerprint density at radius 1 is 1.25 bits per heavy atom. The molecule has 0 spiro atoms. The quantitative estimate of drug-likeness (QED) is 0.703. The molecule has 0 fully saturated rings. The third-order valence-electron chi connectivity index (χ3n) is 2.64. The van der Waals surface area contributed by atoms with Gasteiger partial charge in [-0.15, -0.1) is 11.3 Å². The van der Waals surface area contributed by atoms with E-state index in [0.29, 0.717) is 0 Å². The topological polar surface area (TPSA) is 15.3 Å². The van der Waals surface area contributed by atoms with Gasteiger partial charge in [-0.25, -0.2) is 0 Å². The molecule has 0 aliphatic rings. The number of nitrogens with zero attached hydrogens (tertiary/aromatic N) is 1. The zero-order chi connectivity index (χ0) is 11.8. The molecule has 0 saturated carbocycles. The highest BCUT2D eigenvalue weighted by Crippen LogP contribution is 2.17. The van der Waals surface area contributed by atoms with Crippen LogP contribution in [0.5, 0.6) is 0 Å². The minimum Gasteiger partial charge on any atom is -0.315 e. The van der Waals surface area contributed by atoms with E-state index < -0.39 is 0 Å². The molecule has 0 unspecified atom stereocenters. The maximum atomic E-state index is 3.19. The molecule has 92 valence electrons. The Bertz CT molecular complexity index is 283. The predicted molar refractivity (Wildman–Crippen MR) is 72.9 cm³/mol. The van der Waals surface area contributed by atoms with Crippen molar-refractivity contribution in [1.29, 1.82) is 0 Å². The van der Waals surface area contributed by atoms with Crippen molar-refractivity contribution < 1.29 is 0 Å². The molecule has 0 saturated heterocycles. The predicted octanol–water partition coefficient (Wildman–Crippen LogP) is 3.09. The van der Waals surface area contributed by atoms with Crippen molar-refractivity contribution in [1.82, 2.24) is 10.2 Å². The summed E-state index contributed by atoms with van der Waals surface area (Å²) in [6.07, 6.45) is 3.97. The van der Waals surface area contributed by atoms with Gasteiger partial charge in [-0.3, -0.25) is 0 Å². The number of nitrogens with one attached hydrogen (secondary N) is 1. The highest BCUT2D eigenvalue weighted by atomic mass is 32.1. The average Bonchev–Trinajstić information content (AvgIpc) is 2.66. The molecule has 1 heterocycles. The lowest BCUT2D eigenvalue weighted by Gasteiger charge is -2.14. The van der Waals surface area contributed by atoms with Crippen LogP contribution in [0, 0.1) is 0 Å². The zero-order valence-corrected chi connectivity index (χ0v) is 11.6. The molecule has 0 aliphatic heterocycles. The van der Waals surface area contributed by atoms with Gasteiger partial charge in [0.25, 0.3) is 0 Å². The van der Waals surface area contributed by atoms with Crippen LogP contribution in [0.1, 0.15) is 35.9 Å². The molecule has 1 rings (SSSR count). The van der Waals surface area contributed by atoms with Gasteiger partial charge in [-0.05, 0) is 39.2 Å². The van der Waals surface area contributed by atoms with E-state index in [2.05, 4.69) is 36.3 Å². The fourth-order valence-electron chi connectivity index (χ4n) is 1.75. The number of rotatable bonds is 8. The Morgan fingerprint density at radius 3 is 2.69 bits per heavy atom. The van der Waals surface area contributed by atoms with E-state index in [9.17, 15) is 0 Å². The van der Waals surface area contributed by atoms with Crippen LogP contribution < -0.4 is 5.32 Å². The molecule has 0 amide bonds. The van der Waals surface area contributed by atoms with Crippen molar-refractivity contribution in [3.05, 3.63) is 21.9 Å². The van der Waals surface area contributed by atoms with Gasteiger partial charge in [0.2, 0.25) is 0 Å². The van der Waals surface area contributed by atoms with Crippen LogP contribution in [0.4, 0.5) is 0 Å². The number of thiophene rings is 1. The van der Waals surface area contributed by atoms with Crippen molar-refractivity contribution in [3.8, 4) is 0 Å². The first-order valence-electron chi connectivity index (χ1n) is 6.17. The van der Waals surface area contributed by atoms with Gasteiger partial charge in [-0.1, -0.05) is 19.8 Å². The van der Waals surface area contributed by atoms with Crippen LogP contribution in [-0.4, -0.2) is 25.5 Å². The van der Waals surface area contributed by atoms with Crippen LogP contribution in [-0.2, 0) is 13.1 Å². The first kappa shape index (κ1) is 13.7. The second kappa shape index (κ2) is 7.82. The molecular weight excluding hydrogens is 216 g/mol. The van der Waals surface area contributed by atoms with Crippen molar-refractivity contribution in [2.45, 2.75) is 39.3 Å². The standard InChI is InChI=1S/C13H24N2S/c1-4-5-6-9-15(3)11-13-8-7-12(16-13)10-14-2/h7-8,14H,4-6,9-11H2,1-3H3. The van der Waals surface area contributed by atoms with Crippen LogP contribution >= 0.6 is 11.3 Å². The second-order valence-electron chi connectivity index (χ2n) is 4.34. The molecular formula is C13H24N2S. The summed E-state index contributed by atoms with van der Waals surface area (Å²) in [4.78, 5) is 5.33. The van der Waals surface area contributed by atoms with E-state index >= 15 is 0 Å². The lowest BCUT2D eigenvalue weighted by Crippen LogP contribution is -2.18. The molecule has 1 aromatic rings. The monoisotopic (exact) mass is 240 g/mol. The van der Waals surface area contributed by atoms with E-state index in [0.717, 1.165) is 13.1 Å². The highest BCUT2D eigenvalue weighted by Gasteiger charge is 2.03. The van der Waals surface area contributed by atoms with Gasteiger partial charge >= 0.3 is 0 Å². The molecule has 3 heteroatoms. The fraction of sp³-hybridized carbons (Fsp3) is 0.692. The summed E-state index contributed by atoms with van der Waals surface area (Å²) < 4.78 is 0. The maximum Gasteiger partial charge on any atom is 0.0324 e. The summed E-state index contributed by atoms with van der Waals surface area (Å²) in [5.74, 6) is 0. The molecule has 0 aromatic carbocycles. The van der Waals surface area contributed by atoms with E-state index in [1.54, 1.807) is 0 Å². The van der Waals surface area contributed by atoms with E-state index in [4.69, 9.17) is 0 Å². The average molecular weight is 240 g/mol. The van der Waals surface area contributed by atoms with Gasteiger partial charge in [0, 0.05) is 22.8 Å². The molecule has 0 bridgehead atoms. The number of unbranched alkanes of at least 4 members (excludes halogenated alkanes) is 2. The first-order valence-corrected chi connectivity index (χ1v) is 6.98. The lowest BCUT2D eigenvalue weighted by atomic mass is 10.2. The first-order chi connectivity index (χ1) is 7.76. The van der Waals surface area contributed by atoms with Gasteiger partial charge in [0.1, 0.15) is 0 Å². The highest BCUT2D eigenvalue weighted by molar-refractivity contribution is 7.11. The molecule has 0 radical (unpaired) electrons. The summed E-state index contributed by atoms with van der Waals surface area (Å²) in [6.45, 7) is 5.55. The van der Waals surface area contributed by atoms with Gasteiger partial charge in [-0.2, -0.15) is 0 Å². The van der Waals surface area contributed by atoms with E-state index in [-0.39, 0.29) is 0 Å². The molecule has 2 nitrogen and oxygen atoms in total. The van der Waals surface area contributed by atoms with Crippen molar-refractivity contribution in [2.75, 3.05) is 20.6 Å². The molecule has 1 N–H and O–H groups in total. The molecule has 0 aliphatic carbocycles. The Morgan fingerprint density at radius 2 is 2.00 bits per heavy atom. The van der Waals surface area contributed by atoms with Gasteiger partial charge in [0.15, 0.2) is 0 Å². The third-order valence-corrected chi connectivity index (χ3v) is 3.71. The van der Waals surface area contributed by atoms with Crippen molar-refractivity contribution >= 4 is 11.3 Å². The fourth-order valence-corrected chi connectivity index (χ4v) is 2.86. The summed E-state index contributed by atoms with van der Waals surface area (Å²) >= 11 is 1.92. The largest absolute Gasteiger partial charge is 0.315 e.